The third-order valence-electron chi connectivity index (χ3n) is 2.23. The molecule has 3 N–H and O–H groups in total. The van der Waals surface area contributed by atoms with Crippen LogP contribution in [-0.2, 0) is 15.3 Å². The van der Waals surface area contributed by atoms with E-state index in [1.165, 1.54) is 18.9 Å². The van der Waals surface area contributed by atoms with Gasteiger partial charge >= 0.3 is 11.9 Å². The summed E-state index contributed by atoms with van der Waals surface area (Å²) in [6.07, 6.45) is 0. The van der Waals surface area contributed by atoms with Crippen LogP contribution in [0.3, 0.4) is 0 Å². The van der Waals surface area contributed by atoms with Crippen LogP contribution >= 0.6 is 11.8 Å². The first kappa shape index (κ1) is 14.5. The lowest BCUT2D eigenvalue weighted by atomic mass is 10.1. The molecule has 1 atom stereocenters. The Kier molecular flexibility index (Phi) is 5.67. The summed E-state index contributed by atoms with van der Waals surface area (Å²) in [5.41, 5.74) is 6.80. The van der Waals surface area contributed by atoms with Gasteiger partial charge in [-0.25, -0.2) is 4.79 Å². The van der Waals surface area contributed by atoms with Crippen LogP contribution in [0.5, 0.6) is 0 Å². The Balaban J connectivity index is 2.53. The van der Waals surface area contributed by atoms with E-state index in [4.69, 9.17) is 10.8 Å². The van der Waals surface area contributed by atoms with Crippen molar-refractivity contribution in [3.8, 4) is 0 Å². The molecule has 0 aliphatic rings. The molecule has 1 aromatic rings. The standard InChI is InChI=1S/C12H15NO4S/c1-17-12(16)9-4-2-3-8(5-9)6-18-7-10(13)11(14)15/h2-5,10H,6-7,13H2,1H3,(H,14,15)/t10-/m1/s1. The summed E-state index contributed by atoms with van der Waals surface area (Å²) in [7, 11) is 1.33. The number of aliphatic carboxylic acids is 1. The molecule has 0 saturated carbocycles. The second-order valence-electron chi connectivity index (χ2n) is 3.65. The minimum atomic E-state index is -1.01. The summed E-state index contributed by atoms with van der Waals surface area (Å²) >= 11 is 1.41. The van der Waals surface area contributed by atoms with Crippen LogP contribution in [0.1, 0.15) is 15.9 Å². The Morgan fingerprint density at radius 2 is 2.22 bits per heavy atom. The monoisotopic (exact) mass is 269 g/mol. The van der Waals surface area contributed by atoms with Gasteiger partial charge in [0.15, 0.2) is 0 Å². The number of hydrogen-bond donors (Lipinski definition) is 2. The molecule has 0 heterocycles. The number of nitrogens with two attached hydrogens (primary N) is 1. The second-order valence-corrected chi connectivity index (χ2v) is 4.68. The maximum atomic E-state index is 11.3. The molecule has 6 heteroatoms. The van der Waals surface area contributed by atoms with E-state index in [9.17, 15) is 9.59 Å². The van der Waals surface area contributed by atoms with Gasteiger partial charge in [-0.2, -0.15) is 11.8 Å². The van der Waals surface area contributed by atoms with Crippen LogP contribution in [0.25, 0.3) is 0 Å². The van der Waals surface area contributed by atoms with Gasteiger partial charge in [0.05, 0.1) is 12.7 Å². The molecule has 0 spiro atoms. The fraction of sp³-hybridized carbons (Fsp3) is 0.333. The van der Waals surface area contributed by atoms with E-state index in [0.29, 0.717) is 17.1 Å². The van der Waals surface area contributed by atoms with Crippen molar-refractivity contribution in [2.24, 2.45) is 5.73 Å². The van der Waals surface area contributed by atoms with Crippen molar-refractivity contribution in [1.82, 2.24) is 0 Å². The van der Waals surface area contributed by atoms with Gasteiger partial charge in [-0.15, -0.1) is 0 Å². The summed E-state index contributed by atoms with van der Waals surface area (Å²) < 4.78 is 4.62. The molecule has 0 aliphatic carbocycles. The van der Waals surface area contributed by atoms with Gasteiger partial charge in [0.25, 0.3) is 0 Å². The minimum Gasteiger partial charge on any atom is -0.480 e. The van der Waals surface area contributed by atoms with Crippen molar-refractivity contribution in [3.63, 3.8) is 0 Å². The van der Waals surface area contributed by atoms with Crippen LogP contribution in [-0.4, -0.2) is 35.9 Å². The van der Waals surface area contributed by atoms with E-state index in [2.05, 4.69) is 4.74 Å². The lowest BCUT2D eigenvalue weighted by Crippen LogP contribution is -2.32. The zero-order valence-electron chi connectivity index (χ0n) is 9.96. The fourth-order valence-electron chi connectivity index (χ4n) is 1.28. The lowest BCUT2D eigenvalue weighted by Gasteiger charge is -2.07. The predicted octanol–water partition coefficient (Wildman–Crippen LogP) is 1.12. The number of carboxylic acids is 1. The molecule has 1 rings (SSSR count). The van der Waals surface area contributed by atoms with Gasteiger partial charge in [-0.1, -0.05) is 12.1 Å². The SMILES string of the molecule is COC(=O)c1cccc(CSC[C@@H](N)C(=O)O)c1. The van der Waals surface area contributed by atoms with Crippen molar-refractivity contribution in [2.75, 3.05) is 12.9 Å². The molecule has 0 unspecified atom stereocenters. The zero-order chi connectivity index (χ0) is 13.5. The zero-order valence-corrected chi connectivity index (χ0v) is 10.8. The number of carbonyl (C=O) groups is 2. The smallest absolute Gasteiger partial charge is 0.337 e. The normalized spacial score (nSPS) is 11.9. The van der Waals surface area contributed by atoms with E-state index in [-0.39, 0.29) is 5.97 Å². The molecule has 0 radical (unpaired) electrons. The van der Waals surface area contributed by atoms with E-state index >= 15 is 0 Å². The molecule has 0 bridgehead atoms. The van der Waals surface area contributed by atoms with Crippen molar-refractivity contribution >= 4 is 23.7 Å². The summed E-state index contributed by atoms with van der Waals surface area (Å²) in [6, 6.07) is 6.16. The van der Waals surface area contributed by atoms with Crippen molar-refractivity contribution < 1.29 is 19.4 Å². The summed E-state index contributed by atoms with van der Waals surface area (Å²) in [5, 5.41) is 8.63. The molecule has 0 saturated heterocycles. The van der Waals surface area contributed by atoms with E-state index < -0.39 is 12.0 Å². The Morgan fingerprint density at radius 1 is 1.50 bits per heavy atom. The quantitative estimate of drug-likeness (QED) is 0.752. The maximum Gasteiger partial charge on any atom is 0.337 e. The second kappa shape index (κ2) is 7.03. The average molecular weight is 269 g/mol. The van der Waals surface area contributed by atoms with Crippen molar-refractivity contribution in [1.29, 1.82) is 0 Å². The van der Waals surface area contributed by atoms with Crippen LogP contribution in [0.15, 0.2) is 24.3 Å². The van der Waals surface area contributed by atoms with E-state index in [1.54, 1.807) is 18.2 Å². The highest BCUT2D eigenvalue weighted by Gasteiger charge is 2.11. The first-order valence-corrected chi connectivity index (χ1v) is 6.43. The molecule has 5 nitrogen and oxygen atoms in total. The summed E-state index contributed by atoms with van der Waals surface area (Å²) in [5.74, 6) is -0.459. The third kappa shape index (κ3) is 4.38. The molecular formula is C12H15NO4S. The Labute approximate surface area is 109 Å². The number of hydrogen-bond acceptors (Lipinski definition) is 5. The third-order valence-corrected chi connectivity index (χ3v) is 3.36. The van der Waals surface area contributed by atoms with E-state index in [0.717, 1.165) is 5.56 Å². The maximum absolute atomic E-state index is 11.3. The highest BCUT2D eigenvalue weighted by molar-refractivity contribution is 7.98. The van der Waals surface area contributed by atoms with Gasteiger partial charge in [0.2, 0.25) is 0 Å². The highest BCUT2D eigenvalue weighted by Crippen LogP contribution is 2.15. The van der Waals surface area contributed by atoms with Crippen LogP contribution < -0.4 is 5.73 Å². The number of esters is 1. The fourth-order valence-corrected chi connectivity index (χ4v) is 2.21. The Hall–Kier alpha value is -1.53. The number of rotatable bonds is 6. The van der Waals surface area contributed by atoms with Crippen LogP contribution in [0.2, 0.25) is 0 Å². The van der Waals surface area contributed by atoms with Gasteiger partial charge in [-0.3, -0.25) is 4.79 Å². The number of methoxy groups -OCH3 is 1. The minimum absolute atomic E-state index is 0.331. The molecule has 0 amide bonds. The number of thioether (sulfide) groups is 1. The molecule has 0 aliphatic heterocycles. The molecule has 98 valence electrons. The Bertz CT molecular complexity index is 436. The molecule has 0 aromatic heterocycles. The number of ether oxygens (including phenoxy) is 1. The van der Waals surface area contributed by atoms with Crippen molar-refractivity contribution in [2.45, 2.75) is 11.8 Å². The number of benzene rings is 1. The lowest BCUT2D eigenvalue weighted by molar-refractivity contribution is -0.137. The van der Waals surface area contributed by atoms with Crippen LogP contribution in [0.4, 0.5) is 0 Å². The van der Waals surface area contributed by atoms with Crippen molar-refractivity contribution in [3.05, 3.63) is 35.4 Å². The predicted molar refractivity (Wildman–Crippen MR) is 69.6 cm³/mol. The van der Waals surface area contributed by atoms with Gasteiger partial charge in [0.1, 0.15) is 6.04 Å². The number of carboxylic acid groups (broad SMARTS) is 1. The molecule has 0 fully saturated rings. The molecule has 1 aromatic carbocycles. The first-order chi connectivity index (χ1) is 8.54. The van der Waals surface area contributed by atoms with E-state index in [1.807, 2.05) is 6.07 Å². The van der Waals surface area contributed by atoms with Gasteiger partial charge in [0, 0.05) is 11.5 Å². The van der Waals surface area contributed by atoms with Gasteiger partial charge in [-0.05, 0) is 17.7 Å². The molecule has 18 heavy (non-hydrogen) atoms. The first-order valence-electron chi connectivity index (χ1n) is 5.28. The largest absolute Gasteiger partial charge is 0.480 e. The molecular weight excluding hydrogens is 254 g/mol. The Morgan fingerprint density at radius 3 is 2.83 bits per heavy atom. The summed E-state index contributed by atoms with van der Waals surface area (Å²) in [6.45, 7) is 0. The average Bonchev–Trinajstić information content (AvgIpc) is 2.37. The summed E-state index contributed by atoms with van der Waals surface area (Å²) in [4.78, 5) is 21.8. The van der Waals surface area contributed by atoms with Crippen LogP contribution in [0, 0.1) is 0 Å². The van der Waals surface area contributed by atoms with Gasteiger partial charge < -0.3 is 15.6 Å². The highest BCUT2D eigenvalue weighted by atomic mass is 32.2. The number of carbonyl (C=O) groups excluding carboxylic acids is 1. The topological polar surface area (TPSA) is 89.6 Å².